The minimum Gasteiger partial charge on any atom is -0.460 e. The Morgan fingerprint density at radius 2 is 1.75 bits per heavy atom. The average Bonchev–Trinajstić information content (AvgIpc) is 3.56. The van der Waals surface area contributed by atoms with Crippen LogP contribution >= 0.6 is 0 Å². The van der Waals surface area contributed by atoms with E-state index in [0.717, 1.165) is 37.2 Å². The summed E-state index contributed by atoms with van der Waals surface area (Å²) in [5.41, 5.74) is 7.87. The molecule has 1 aliphatic rings. The van der Waals surface area contributed by atoms with Crippen LogP contribution < -0.4 is 11.1 Å². The third kappa shape index (κ3) is 8.83. The highest BCUT2D eigenvalue weighted by atomic mass is 19.2. The molecular weight excluding hydrogens is 524 g/mol. The molecule has 1 aliphatic heterocycles. The number of halogens is 2. The van der Waals surface area contributed by atoms with E-state index in [4.69, 9.17) is 19.9 Å². The van der Waals surface area contributed by atoms with E-state index in [1.807, 2.05) is 0 Å². The zero-order valence-corrected chi connectivity index (χ0v) is 22.9. The minimum atomic E-state index is -0.775. The number of carbonyl (C=O) groups is 2. The van der Waals surface area contributed by atoms with Crippen LogP contribution in [-0.4, -0.2) is 80.4 Å². The van der Waals surface area contributed by atoms with E-state index in [-0.39, 0.29) is 6.61 Å². The van der Waals surface area contributed by atoms with Gasteiger partial charge in [-0.25, -0.2) is 18.4 Å². The van der Waals surface area contributed by atoms with Crippen LogP contribution in [0.3, 0.4) is 0 Å². The number of hydrogen-bond acceptors (Lipinski definition) is 7. The van der Waals surface area contributed by atoms with Gasteiger partial charge in [0.25, 0.3) is 0 Å². The van der Waals surface area contributed by atoms with Gasteiger partial charge in [-0.1, -0.05) is 18.2 Å². The van der Waals surface area contributed by atoms with Crippen molar-refractivity contribution in [2.75, 3.05) is 59.0 Å². The second-order valence-electron chi connectivity index (χ2n) is 9.19. The number of aryl methyl sites for hydroxylation is 1. The summed E-state index contributed by atoms with van der Waals surface area (Å²) in [6, 6.07) is 12.1. The molecule has 0 spiro atoms. The van der Waals surface area contributed by atoms with Gasteiger partial charge in [-0.2, -0.15) is 5.10 Å². The van der Waals surface area contributed by atoms with Crippen molar-refractivity contribution in [2.24, 2.45) is 12.8 Å². The molecule has 1 unspecified atom stereocenters. The lowest BCUT2D eigenvalue weighted by molar-refractivity contribution is 0.0388. The lowest BCUT2D eigenvalue weighted by Gasteiger charge is -2.15. The fourth-order valence-electron chi connectivity index (χ4n) is 4.22. The van der Waals surface area contributed by atoms with Crippen molar-refractivity contribution in [3.8, 4) is 11.3 Å². The summed E-state index contributed by atoms with van der Waals surface area (Å²) in [6.45, 7) is 4.06. The highest BCUT2D eigenvalue weighted by Crippen LogP contribution is 2.28. The Hall–Kier alpha value is -3.87. The summed E-state index contributed by atoms with van der Waals surface area (Å²) >= 11 is 0. The van der Waals surface area contributed by atoms with Crippen molar-refractivity contribution in [3.05, 3.63) is 71.3 Å². The summed E-state index contributed by atoms with van der Waals surface area (Å²) in [5, 5.41) is 6.76. The van der Waals surface area contributed by atoms with Gasteiger partial charge in [-0.05, 0) is 48.7 Å². The van der Waals surface area contributed by atoms with E-state index >= 15 is 0 Å². The summed E-state index contributed by atoms with van der Waals surface area (Å²) < 4.78 is 42.3. The molecule has 40 heavy (non-hydrogen) atoms. The minimum absolute atomic E-state index is 0.208. The first-order chi connectivity index (χ1) is 19.2. The van der Waals surface area contributed by atoms with E-state index in [1.165, 1.54) is 23.9 Å². The van der Waals surface area contributed by atoms with E-state index in [0.29, 0.717) is 36.2 Å². The molecule has 3 N–H and O–H groups in total. The molecule has 10 nitrogen and oxygen atoms in total. The molecule has 3 aromatic rings. The Balaban J connectivity index is 0.000000230. The lowest BCUT2D eigenvalue weighted by Crippen LogP contribution is -2.24. The number of anilines is 1. The predicted octanol–water partition coefficient (Wildman–Crippen LogP) is 3.78. The van der Waals surface area contributed by atoms with Crippen LogP contribution in [0.15, 0.2) is 48.5 Å². The van der Waals surface area contributed by atoms with E-state index in [9.17, 15) is 18.4 Å². The number of nitrogens with zero attached hydrogens (tertiary/aromatic N) is 3. The molecule has 1 aromatic heterocycles. The summed E-state index contributed by atoms with van der Waals surface area (Å²) in [5.74, 6) is -1.15. The van der Waals surface area contributed by atoms with Crippen LogP contribution in [0, 0.1) is 11.6 Å². The maximum absolute atomic E-state index is 13.1. The summed E-state index contributed by atoms with van der Waals surface area (Å²) in [7, 11) is 4.91. The average molecular weight is 560 g/mol. The van der Waals surface area contributed by atoms with Crippen LogP contribution in [0.5, 0.6) is 0 Å². The first kappa shape index (κ1) is 30.7. The van der Waals surface area contributed by atoms with Crippen molar-refractivity contribution in [2.45, 2.75) is 12.3 Å². The normalized spacial score (nSPS) is 14.9. The third-order valence-corrected chi connectivity index (χ3v) is 6.37. The van der Waals surface area contributed by atoms with Crippen LogP contribution in [-0.2, 0) is 21.3 Å². The molecule has 1 atom stereocenters. The van der Waals surface area contributed by atoms with Crippen LogP contribution in [0.2, 0.25) is 0 Å². The fraction of sp³-hybridized carbons (Fsp3) is 0.393. The quantitative estimate of drug-likeness (QED) is 0.286. The predicted molar refractivity (Wildman–Crippen MR) is 146 cm³/mol. The molecule has 1 fully saturated rings. The van der Waals surface area contributed by atoms with E-state index in [2.05, 4.69) is 15.3 Å². The van der Waals surface area contributed by atoms with Gasteiger partial charge in [0.15, 0.2) is 11.6 Å². The van der Waals surface area contributed by atoms with Crippen molar-refractivity contribution in [3.63, 3.8) is 0 Å². The number of nitrogens with two attached hydrogens (primary N) is 1. The second kappa shape index (κ2) is 15.1. The monoisotopic (exact) mass is 559 g/mol. The topological polar surface area (TPSA) is 121 Å². The number of amides is 2. The van der Waals surface area contributed by atoms with Gasteiger partial charge >= 0.3 is 12.0 Å². The van der Waals surface area contributed by atoms with Crippen LogP contribution in [0.25, 0.3) is 11.3 Å². The highest BCUT2D eigenvalue weighted by Gasteiger charge is 2.24. The zero-order valence-electron chi connectivity index (χ0n) is 22.9. The van der Waals surface area contributed by atoms with Crippen LogP contribution in [0.4, 0.5) is 19.4 Å². The first-order valence-corrected chi connectivity index (χ1v) is 12.7. The van der Waals surface area contributed by atoms with Gasteiger partial charge < -0.3 is 24.8 Å². The lowest BCUT2D eigenvalue weighted by atomic mass is 9.98. The molecule has 1 saturated heterocycles. The Morgan fingerprint density at radius 1 is 1.02 bits per heavy atom. The molecule has 0 saturated carbocycles. The number of primary amides is 1. The number of urea groups is 1. The number of ether oxygens (including phenoxy) is 3. The molecule has 2 heterocycles. The maximum atomic E-state index is 13.1. The summed E-state index contributed by atoms with van der Waals surface area (Å²) in [6.07, 6.45) is 0.995. The van der Waals surface area contributed by atoms with Gasteiger partial charge in [-0.3, -0.25) is 10.00 Å². The maximum Gasteiger partial charge on any atom is 0.338 e. The summed E-state index contributed by atoms with van der Waals surface area (Å²) in [4.78, 5) is 25.0. The molecular formula is C28H35F2N5O5. The van der Waals surface area contributed by atoms with Crippen molar-refractivity contribution < 1.29 is 32.6 Å². The molecule has 12 heteroatoms. The van der Waals surface area contributed by atoms with E-state index < -0.39 is 23.6 Å². The standard InChI is InChI=1S/C15H18N4O4.C13H17F2NO/c1-19-13(17-15(16)21)9-12(18-19)10-3-5-11(6-4-10)14(20)23-8-7-22-2;1-17-7-6-16-5-4-11(9-16)10-2-3-12(14)13(15)8-10/h3-6,9H,7-8H2,1-2H3,(H3,16,17,21);2-3,8,11H,4-7,9H2,1H3. The number of rotatable bonds is 10. The van der Waals surface area contributed by atoms with Gasteiger partial charge in [0, 0.05) is 46.0 Å². The van der Waals surface area contributed by atoms with Gasteiger partial charge in [0.05, 0.1) is 24.5 Å². The highest BCUT2D eigenvalue weighted by molar-refractivity contribution is 5.90. The number of carbonyl (C=O) groups excluding carboxylic acids is 2. The van der Waals surface area contributed by atoms with Crippen molar-refractivity contribution >= 4 is 17.8 Å². The Kier molecular flexibility index (Phi) is 11.5. The zero-order chi connectivity index (χ0) is 29.1. The molecule has 0 aliphatic carbocycles. The van der Waals surface area contributed by atoms with E-state index in [1.54, 1.807) is 50.6 Å². The molecule has 0 bridgehead atoms. The van der Waals surface area contributed by atoms with Crippen molar-refractivity contribution in [1.82, 2.24) is 14.7 Å². The van der Waals surface area contributed by atoms with Crippen molar-refractivity contribution in [1.29, 1.82) is 0 Å². The van der Waals surface area contributed by atoms with Crippen LogP contribution in [0.1, 0.15) is 28.3 Å². The number of aromatic nitrogens is 2. The number of methoxy groups -OCH3 is 2. The van der Waals surface area contributed by atoms with Gasteiger partial charge in [0.1, 0.15) is 12.4 Å². The fourth-order valence-corrected chi connectivity index (χ4v) is 4.22. The number of esters is 1. The second-order valence-corrected chi connectivity index (χ2v) is 9.19. The Morgan fingerprint density at radius 3 is 2.40 bits per heavy atom. The SMILES string of the molecule is COCCN1CCC(c2ccc(F)c(F)c2)C1.COCCOC(=O)c1ccc(-c2cc(NC(N)=O)n(C)n2)cc1. The first-order valence-electron chi connectivity index (χ1n) is 12.7. The number of nitrogens with one attached hydrogen (secondary N) is 1. The smallest absolute Gasteiger partial charge is 0.338 e. The Bertz CT molecular complexity index is 1270. The van der Waals surface area contributed by atoms with Gasteiger partial charge in [-0.15, -0.1) is 0 Å². The number of likely N-dealkylation sites (tertiary alicyclic amines) is 1. The van der Waals surface area contributed by atoms with Gasteiger partial charge in [0.2, 0.25) is 0 Å². The molecule has 4 rings (SSSR count). The molecule has 2 amide bonds. The Labute approximate surface area is 232 Å². The number of benzene rings is 2. The largest absolute Gasteiger partial charge is 0.460 e. The molecule has 216 valence electrons. The molecule has 2 aromatic carbocycles. The number of hydrogen-bond donors (Lipinski definition) is 2. The molecule has 0 radical (unpaired) electrons. The third-order valence-electron chi connectivity index (χ3n) is 6.37.